The third-order valence-corrected chi connectivity index (χ3v) is 5.59. The molecule has 1 saturated heterocycles. The fourth-order valence-corrected chi connectivity index (χ4v) is 4.91. The number of halogens is 1. The summed E-state index contributed by atoms with van der Waals surface area (Å²) in [5.41, 5.74) is 0.408. The van der Waals surface area contributed by atoms with E-state index in [4.69, 9.17) is 21.1 Å². The van der Waals surface area contributed by atoms with Gasteiger partial charge in [0.15, 0.2) is 13.2 Å². The summed E-state index contributed by atoms with van der Waals surface area (Å²) in [5, 5.41) is 0.427. The van der Waals surface area contributed by atoms with Crippen molar-refractivity contribution in [1.29, 1.82) is 0 Å². The van der Waals surface area contributed by atoms with Gasteiger partial charge in [0, 0.05) is 12.6 Å². The Morgan fingerprint density at radius 1 is 1.19 bits per heavy atom. The largest absolute Gasteiger partial charge is 0.480 e. The highest BCUT2D eigenvalue weighted by Gasteiger charge is 2.50. The maximum Gasteiger partial charge on any atom is 0.344 e. The number of carbonyl (C=O) groups is 2. The van der Waals surface area contributed by atoms with Gasteiger partial charge in [0.2, 0.25) is 0 Å². The van der Waals surface area contributed by atoms with E-state index < -0.39 is 5.97 Å². The van der Waals surface area contributed by atoms with Crippen molar-refractivity contribution in [3.05, 3.63) is 29.3 Å². The van der Waals surface area contributed by atoms with Crippen LogP contribution < -0.4 is 4.74 Å². The lowest BCUT2D eigenvalue weighted by molar-refractivity contribution is -0.154. The molecule has 3 rings (SSSR count). The van der Waals surface area contributed by atoms with Crippen molar-refractivity contribution in [1.82, 2.24) is 4.90 Å². The van der Waals surface area contributed by atoms with Gasteiger partial charge < -0.3 is 14.4 Å². The van der Waals surface area contributed by atoms with Crippen molar-refractivity contribution in [2.24, 2.45) is 10.8 Å². The van der Waals surface area contributed by atoms with Gasteiger partial charge in [-0.2, -0.15) is 0 Å². The number of nitrogens with zero attached hydrogens (tertiary/aromatic N) is 1. The number of amides is 1. The van der Waals surface area contributed by atoms with Crippen molar-refractivity contribution < 1.29 is 19.1 Å². The Labute approximate surface area is 159 Å². The zero-order valence-electron chi connectivity index (χ0n) is 15.6. The average Bonchev–Trinajstić information content (AvgIpc) is 2.80. The quantitative estimate of drug-likeness (QED) is 0.732. The van der Waals surface area contributed by atoms with Gasteiger partial charge >= 0.3 is 5.97 Å². The van der Waals surface area contributed by atoms with Crippen LogP contribution >= 0.6 is 11.6 Å². The molecule has 26 heavy (non-hydrogen) atoms. The highest BCUT2D eigenvalue weighted by molar-refractivity contribution is 6.32. The second kappa shape index (κ2) is 7.10. The Morgan fingerprint density at radius 3 is 2.65 bits per heavy atom. The molecule has 2 fully saturated rings. The number of fused-ring (bicyclic) bond motifs is 2. The molecule has 2 bridgehead atoms. The molecule has 0 N–H and O–H groups in total. The molecule has 142 valence electrons. The van der Waals surface area contributed by atoms with Gasteiger partial charge in [0.1, 0.15) is 5.75 Å². The third-order valence-electron chi connectivity index (χ3n) is 5.27. The molecule has 1 saturated carbocycles. The summed E-state index contributed by atoms with van der Waals surface area (Å²) in [6.07, 6.45) is 3.15. The number of benzene rings is 1. The summed E-state index contributed by atoms with van der Waals surface area (Å²) < 4.78 is 10.5. The third kappa shape index (κ3) is 4.32. The molecule has 1 aromatic carbocycles. The summed E-state index contributed by atoms with van der Waals surface area (Å²) in [5.74, 6) is -0.282. The fraction of sp³-hybridized carbons (Fsp3) is 0.600. The van der Waals surface area contributed by atoms with E-state index in [9.17, 15) is 9.59 Å². The number of carbonyl (C=O) groups excluding carboxylic acids is 2. The van der Waals surface area contributed by atoms with Gasteiger partial charge in [-0.15, -0.1) is 0 Å². The van der Waals surface area contributed by atoms with E-state index in [1.54, 1.807) is 24.3 Å². The monoisotopic (exact) mass is 379 g/mol. The Morgan fingerprint density at radius 2 is 1.92 bits per heavy atom. The molecule has 1 amide bonds. The first-order valence-electron chi connectivity index (χ1n) is 9.00. The predicted molar refractivity (Wildman–Crippen MR) is 99.1 cm³/mol. The summed E-state index contributed by atoms with van der Waals surface area (Å²) in [6.45, 7) is 7.00. The maximum absolute atomic E-state index is 12.6. The number of ether oxygens (including phenoxy) is 2. The lowest BCUT2D eigenvalue weighted by atomic mass is 9.65. The molecule has 5 nitrogen and oxygen atoms in total. The highest BCUT2D eigenvalue weighted by atomic mass is 35.5. The lowest BCUT2D eigenvalue weighted by Crippen LogP contribution is -2.40. The summed E-state index contributed by atoms with van der Waals surface area (Å²) in [6, 6.07) is 7.14. The van der Waals surface area contributed by atoms with Crippen LogP contribution in [0.4, 0.5) is 0 Å². The Hall–Kier alpha value is -1.75. The number of hydrogen-bond acceptors (Lipinski definition) is 4. The van der Waals surface area contributed by atoms with Crippen molar-refractivity contribution in [2.75, 3.05) is 19.8 Å². The van der Waals surface area contributed by atoms with Crippen LogP contribution in [0.2, 0.25) is 5.02 Å². The number of hydrogen-bond donors (Lipinski definition) is 0. The van der Waals surface area contributed by atoms with Gasteiger partial charge in [0.05, 0.1) is 5.02 Å². The zero-order valence-corrected chi connectivity index (χ0v) is 16.3. The van der Waals surface area contributed by atoms with Gasteiger partial charge in [-0.05, 0) is 42.2 Å². The minimum Gasteiger partial charge on any atom is -0.480 e. The van der Waals surface area contributed by atoms with E-state index in [2.05, 4.69) is 20.8 Å². The van der Waals surface area contributed by atoms with Crippen molar-refractivity contribution in [3.8, 4) is 5.75 Å². The van der Waals surface area contributed by atoms with Crippen LogP contribution in [0.3, 0.4) is 0 Å². The van der Waals surface area contributed by atoms with E-state index >= 15 is 0 Å². The van der Waals surface area contributed by atoms with Crippen LogP contribution in [-0.2, 0) is 14.3 Å². The molecule has 1 aliphatic carbocycles. The Balaban J connectivity index is 1.48. The van der Waals surface area contributed by atoms with Crippen LogP contribution in [0.5, 0.6) is 5.75 Å². The molecule has 0 spiro atoms. The predicted octanol–water partition coefficient (Wildman–Crippen LogP) is 3.69. The summed E-state index contributed by atoms with van der Waals surface area (Å²) in [7, 11) is 0. The molecule has 1 aromatic rings. The van der Waals surface area contributed by atoms with Crippen LogP contribution in [0, 0.1) is 10.8 Å². The standard InChI is InChI=1S/C20H26ClNO4/c1-19(2)8-14-9-20(3,12-19)13-22(14)17(23)10-26-18(24)11-25-16-7-5-4-6-15(16)21/h4-7,14H,8-13H2,1-3H3. The molecular formula is C20H26ClNO4. The van der Waals surface area contributed by atoms with Crippen molar-refractivity contribution in [2.45, 2.75) is 46.1 Å². The summed E-state index contributed by atoms with van der Waals surface area (Å²) >= 11 is 5.97. The van der Waals surface area contributed by atoms with Gasteiger partial charge in [0.25, 0.3) is 5.91 Å². The normalized spacial score (nSPS) is 26.5. The zero-order chi connectivity index (χ0) is 18.9. The minimum atomic E-state index is -0.577. The molecule has 2 unspecified atom stereocenters. The first-order valence-corrected chi connectivity index (χ1v) is 9.38. The van der Waals surface area contributed by atoms with Gasteiger partial charge in [-0.3, -0.25) is 4.79 Å². The molecule has 1 heterocycles. The van der Waals surface area contributed by atoms with Crippen molar-refractivity contribution in [3.63, 3.8) is 0 Å². The van der Waals surface area contributed by atoms with E-state index in [-0.39, 0.29) is 36.0 Å². The topological polar surface area (TPSA) is 55.8 Å². The van der Waals surface area contributed by atoms with Crippen LogP contribution in [-0.4, -0.2) is 42.6 Å². The van der Waals surface area contributed by atoms with Crippen LogP contribution in [0.25, 0.3) is 0 Å². The first kappa shape index (κ1) is 19.0. The second-order valence-electron chi connectivity index (χ2n) is 8.62. The fourth-order valence-electron chi connectivity index (χ4n) is 4.72. The number of esters is 1. The van der Waals surface area contributed by atoms with Crippen LogP contribution in [0.15, 0.2) is 24.3 Å². The smallest absolute Gasteiger partial charge is 0.344 e. The number of rotatable bonds is 5. The Bertz CT molecular complexity index is 705. The molecule has 2 aliphatic rings. The molecule has 6 heteroatoms. The second-order valence-corrected chi connectivity index (χ2v) is 9.02. The van der Waals surface area contributed by atoms with E-state index in [1.807, 2.05) is 4.90 Å². The Kier molecular flexibility index (Phi) is 5.20. The number of para-hydroxylation sites is 1. The SMILES string of the molecule is CC1(C)CC2CC(C)(CN2C(=O)COC(=O)COc2ccccc2Cl)C1. The first-order chi connectivity index (χ1) is 12.2. The van der Waals surface area contributed by atoms with Crippen molar-refractivity contribution >= 4 is 23.5 Å². The molecular weight excluding hydrogens is 354 g/mol. The molecule has 1 aliphatic heterocycles. The van der Waals surface area contributed by atoms with Gasteiger partial charge in [-0.25, -0.2) is 4.79 Å². The summed E-state index contributed by atoms with van der Waals surface area (Å²) in [4.78, 5) is 26.3. The minimum absolute atomic E-state index is 0.123. The number of likely N-dealkylation sites (tertiary alicyclic amines) is 1. The van der Waals surface area contributed by atoms with E-state index in [0.717, 1.165) is 25.8 Å². The van der Waals surface area contributed by atoms with Gasteiger partial charge in [-0.1, -0.05) is 44.5 Å². The molecule has 2 atom stereocenters. The average molecular weight is 380 g/mol. The van der Waals surface area contributed by atoms with E-state index in [0.29, 0.717) is 10.8 Å². The lowest BCUT2D eigenvalue weighted by Gasteiger charge is -2.39. The maximum atomic E-state index is 12.6. The van der Waals surface area contributed by atoms with Crippen LogP contribution in [0.1, 0.15) is 40.0 Å². The molecule has 0 aromatic heterocycles. The van der Waals surface area contributed by atoms with E-state index in [1.165, 1.54) is 0 Å². The highest BCUT2D eigenvalue weighted by Crippen LogP contribution is 2.52. The molecule has 0 radical (unpaired) electrons.